The molecule has 0 amide bonds. The van der Waals surface area contributed by atoms with E-state index < -0.39 is 0 Å². The van der Waals surface area contributed by atoms with E-state index in [1.165, 1.54) is 18.9 Å². The first-order valence-electron chi connectivity index (χ1n) is 6.91. The third-order valence-electron chi connectivity index (χ3n) is 3.77. The lowest BCUT2D eigenvalue weighted by molar-refractivity contribution is 0.261. The number of nitrogens with one attached hydrogen (secondary N) is 1. The summed E-state index contributed by atoms with van der Waals surface area (Å²) in [5.74, 6) is -0.151. The lowest BCUT2D eigenvalue weighted by Gasteiger charge is -2.24. The maximum absolute atomic E-state index is 13.2. The molecule has 1 aliphatic carbocycles. The van der Waals surface area contributed by atoms with Crippen LogP contribution in [0.15, 0.2) is 24.3 Å². The van der Waals surface area contributed by atoms with Gasteiger partial charge in [0.25, 0.3) is 0 Å². The second-order valence-electron chi connectivity index (χ2n) is 5.04. The van der Waals surface area contributed by atoms with E-state index in [4.69, 9.17) is 0 Å². The molecule has 3 heteroatoms. The SMILES string of the molecule is CCN(CCC(NC)c1cccc(F)c1)C1CC1. The van der Waals surface area contributed by atoms with Crippen molar-refractivity contribution in [3.05, 3.63) is 35.6 Å². The molecule has 0 aromatic heterocycles. The van der Waals surface area contributed by atoms with Gasteiger partial charge in [0.05, 0.1) is 0 Å². The number of hydrogen-bond acceptors (Lipinski definition) is 2. The molecule has 1 fully saturated rings. The zero-order valence-corrected chi connectivity index (χ0v) is 11.3. The summed E-state index contributed by atoms with van der Waals surface area (Å²) in [5.41, 5.74) is 1.05. The molecule has 1 atom stereocenters. The van der Waals surface area contributed by atoms with Crippen molar-refractivity contribution in [1.29, 1.82) is 0 Å². The summed E-state index contributed by atoms with van der Waals surface area (Å²) in [4.78, 5) is 2.53. The van der Waals surface area contributed by atoms with Crippen molar-refractivity contribution < 1.29 is 4.39 Å². The molecule has 0 saturated heterocycles. The van der Waals surface area contributed by atoms with Crippen LogP contribution in [0.5, 0.6) is 0 Å². The van der Waals surface area contributed by atoms with E-state index in [-0.39, 0.29) is 11.9 Å². The first-order chi connectivity index (χ1) is 8.74. The molecule has 0 spiro atoms. The number of hydrogen-bond donors (Lipinski definition) is 1. The average Bonchev–Trinajstić information content (AvgIpc) is 3.19. The maximum atomic E-state index is 13.2. The molecule has 0 bridgehead atoms. The zero-order valence-electron chi connectivity index (χ0n) is 11.3. The second-order valence-corrected chi connectivity index (χ2v) is 5.04. The van der Waals surface area contributed by atoms with Gasteiger partial charge in [-0.15, -0.1) is 0 Å². The standard InChI is InChI=1S/C15H23FN2/c1-3-18(14-7-8-14)10-9-15(17-2)12-5-4-6-13(16)11-12/h4-6,11,14-15,17H,3,7-10H2,1-2H3. The van der Waals surface area contributed by atoms with Gasteiger partial charge in [0.15, 0.2) is 0 Å². The highest BCUT2D eigenvalue weighted by atomic mass is 19.1. The molecule has 0 aliphatic heterocycles. The summed E-state index contributed by atoms with van der Waals surface area (Å²) in [6.07, 6.45) is 3.72. The van der Waals surface area contributed by atoms with E-state index >= 15 is 0 Å². The van der Waals surface area contributed by atoms with Gasteiger partial charge in [-0.25, -0.2) is 4.39 Å². The van der Waals surface area contributed by atoms with Crippen molar-refractivity contribution in [3.63, 3.8) is 0 Å². The Kier molecular flexibility index (Phi) is 4.72. The van der Waals surface area contributed by atoms with Crippen LogP contribution >= 0.6 is 0 Å². The fourth-order valence-electron chi connectivity index (χ4n) is 2.53. The van der Waals surface area contributed by atoms with Crippen molar-refractivity contribution in [3.8, 4) is 0 Å². The Morgan fingerprint density at radius 2 is 2.22 bits per heavy atom. The van der Waals surface area contributed by atoms with E-state index in [2.05, 4.69) is 17.1 Å². The Hall–Kier alpha value is -0.930. The van der Waals surface area contributed by atoms with E-state index in [0.717, 1.165) is 31.1 Å². The van der Waals surface area contributed by atoms with Crippen LogP contribution in [0.1, 0.15) is 37.8 Å². The minimum absolute atomic E-state index is 0.151. The fourth-order valence-corrected chi connectivity index (χ4v) is 2.53. The number of halogens is 1. The lowest BCUT2D eigenvalue weighted by atomic mass is 10.0. The van der Waals surface area contributed by atoms with Crippen molar-refractivity contribution in [2.24, 2.45) is 0 Å². The molecule has 1 N–H and O–H groups in total. The summed E-state index contributed by atoms with van der Waals surface area (Å²) in [7, 11) is 1.95. The van der Waals surface area contributed by atoms with E-state index in [1.54, 1.807) is 12.1 Å². The van der Waals surface area contributed by atoms with Gasteiger partial charge >= 0.3 is 0 Å². The van der Waals surface area contributed by atoms with E-state index in [1.807, 2.05) is 13.1 Å². The van der Waals surface area contributed by atoms with Crippen molar-refractivity contribution >= 4 is 0 Å². The van der Waals surface area contributed by atoms with Crippen LogP contribution in [0.25, 0.3) is 0 Å². The molecule has 1 unspecified atom stereocenters. The summed E-state index contributed by atoms with van der Waals surface area (Å²) < 4.78 is 13.2. The third kappa shape index (κ3) is 3.53. The van der Waals surface area contributed by atoms with E-state index in [0.29, 0.717) is 0 Å². The summed E-state index contributed by atoms with van der Waals surface area (Å²) in [5, 5.41) is 3.29. The van der Waals surface area contributed by atoms with Gasteiger partial charge in [-0.2, -0.15) is 0 Å². The Labute approximate surface area is 109 Å². The van der Waals surface area contributed by atoms with Gasteiger partial charge in [0, 0.05) is 18.6 Å². The Bertz CT molecular complexity index is 377. The summed E-state index contributed by atoms with van der Waals surface area (Å²) in [6.45, 7) is 4.42. The highest BCUT2D eigenvalue weighted by Crippen LogP contribution is 2.27. The van der Waals surface area contributed by atoms with Gasteiger partial charge < -0.3 is 10.2 Å². The molecule has 0 heterocycles. The number of rotatable bonds is 7. The maximum Gasteiger partial charge on any atom is 0.123 e. The predicted octanol–water partition coefficient (Wildman–Crippen LogP) is 2.96. The van der Waals surface area contributed by atoms with Crippen LogP contribution in [-0.2, 0) is 0 Å². The molecule has 1 aromatic carbocycles. The zero-order chi connectivity index (χ0) is 13.0. The lowest BCUT2D eigenvalue weighted by Crippen LogP contribution is -2.30. The monoisotopic (exact) mass is 250 g/mol. The van der Waals surface area contributed by atoms with Gasteiger partial charge in [0.1, 0.15) is 5.82 Å². The summed E-state index contributed by atoms with van der Waals surface area (Å²) >= 11 is 0. The first-order valence-corrected chi connectivity index (χ1v) is 6.91. The molecule has 1 saturated carbocycles. The third-order valence-corrected chi connectivity index (χ3v) is 3.77. The Balaban J connectivity index is 1.92. The van der Waals surface area contributed by atoms with Crippen LogP contribution in [-0.4, -0.2) is 31.1 Å². The van der Waals surface area contributed by atoms with Crippen molar-refractivity contribution in [1.82, 2.24) is 10.2 Å². The molecular formula is C15H23FN2. The number of benzene rings is 1. The minimum atomic E-state index is -0.151. The molecular weight excluding hydrogens is 227 g/mol. The van der Waals surface area contributed by atoms with Crippen LogP contribution < -0.4 is 5.32 Å². The van der Waals surface area contributed by atoms with Crippen LogP contribution in [0.2, 0.25) is 0 Å². The van der Waals surface area contributed by atoms with Crippen LogP contribution in [0, 0.1) is 5.82 Å². The number of nitrogens with zero attached hydrogens (tertiary/aromatic N) is 1. The molecule has 1 aliphatic rings. The highest BCUT2D eigenvalue weighted by molar-refractivity contribution is 5.20. The smallest absolute Gasteiger partial charge is 0.123 e. The minimum Gasteiger partial charge on any atom is -0.313 e. The first kappa shape index (κ1) is 13.5. The van der Waals surface area contributed by atoms with Gasteiger partial charge in [0.2, 0.25) is 0 Å². The van der Waals surface area contributed by atoms with Crippen LogP contribution in [0.4, 0.5) is 4.39 Å². The molecule has 18 heavy (non-hydrogen) atoms. The van der Waals surface area contributed by atoms with Gasteiger partial charge in [-0.05, 0) is 50.6 Å². The Morgan fingerprint density at radius 3 is 2.78 bits per heavy atom. The van der Waals surface area contributed by atoms with Crippen molar-refractivity contribution in [2.45, 2.75) is 38.3 Å². The van der Waals surface area contributed by atoms with Gasteiger partial charge in [-0.3, -0.25) is 0 Å². The molecule has 2 nitrogen and oxygen atoms in total. The largest absolute Gasteiger partial charge is 0.313 e. The molecule has 2 rings (SSSR count). The summed E-state index contributed by atoms with van der Waals surface area (Å²) in [6, 6.07) is 7.96. The fraction of sp³-hybridized carbons (Fsp3) is 0.600. The molecule has 0 radical (unpaired) electrons. The quantitative estimate of drug-likeness (QED) is 0.800. The average molecular weight is 250 g/mol. The molecule has 100 valence electrons. The predicted molar refractivity (Wildman–Crippen MR) is 73.1 cm³/mol. The van der Waals surface area contributed by atoms with E-state index in [9.17, 15) is 4.39 Å². The normalized spacial score (nSPS) is 17.1. The second kappa shape index (κ2) is 6.30. The van der Waals surface area contributed by atoms with Crippen molar-refractivity contribution in [2.75, 3.05) is 20.1 Å². The van der Waals surface area contributed by atoms with Gasteiger partial charge in [-0.1, -0.05) is 19.1 Å². The highest BCUT2D eigenvalue weighted by Gasteiger charge is 2.27. The topological polar surface area (TPSA) is 15.3 Å². The Morgan fingerprint density at radius 1 is 1.44 bits per heavy atom. The molecule has 1 aromatic rings. The van der Waals surface area contributed by atoms with Crippen LogP contribution in [0.3, 0.4) is 0 Å².